The number of hydrogen-bond acceptors (Lipinski definition) is 4. The first-order chi connectivity index (χ1) is 13.2. The Morgan fingerprint density at radius 3 is 2.70 bits per heavy atom. The molecule has 1 aliphatic heterocycles. The number of rotatable bonds is 4. The number of fused-ring (bicyclic) bond motifs is 1. The Morgan fingerprint density at radius 1 is 1.11 bits per heavy atom. The van der Waals surface area contributed by atoms with Crippen LogP contribution in [0.25, 0.3) is 11.3 Å². The van der Waals surface area contributed by atoms with E-state index in [9.17, 15) is 9.59 Å². The van der Waals surface area contributed by atoms with Crippen molar-refractivity contribution in [3.8, 4) is 11.3 Å². The maximum atomic E-state index is 12.5. The summed E-state index contributed by atoms with van der Waals surface area (Å²) in [7, 11) is 0. The molecule has 2 saturated carbocycles. The summed E-state index contributed by atoms with van der Waals surface area (Å²) in [5, 5.41) is 5.62. The number of thiazole rings is 1. The van der Waals surface area contributed by atoms with Gasteiger partial charge in [-0.2, -0.15) is 0 Å². The topological polar surface area (TPSA) is 62.3 Å². The predicted octanol–water partition coefficient (Wildman–Crippen LogP) is 4.24. The van der Waals surface area contributed by atoms with Gasteiger partial charge in [0, 0.05) is 35.0 Å². The fraction of sp³-hybridized carbons (Fsp3) is 0.476. The first-order valence-electron chi connectivity index (χ1n) is 9.90. The molecule has 3 aliphatic rings. The van der Waals surface area contributed by atoms with Gasteiger partial charge in [-0.15, -0.1) is 11.3 Å². The molecule has 0 atom stereocenters. The van der Waals surface area contributed by atoms with Crippen molar-refractivity contribution >= 4 is 34.0 Å². The minimum absolute atomic E-state index is 0.0989. The van der Waals surface area contributed by atoms with Crippen LogP contribution in [0.15, 0.2) is 23.6 Å². The molecular weight excluding hydrogens is 358 g/mol. The zero-order valence-electron chi connectivity index (χ0n) is 15.2. The van der Waals surface area contributed by atoms with Gasteiger partial charge in [0.2, 0.25) is 11.8 Å². The van der Waals surface area contributed by atoms with Crippen molar-refractivity contribution in [1.82, 2.24) is 4.98 Å². The average Bonchev–Trinajstić information content (AvgIpc) is 3.38. The van der Waals surface area contributed by atoms with Crippen LogP contribution in [0, 0.1) is 11.8 Å². The Kier molecular flexibility index (Phi) is 4.23. The highest BCUT2D eigenvalue weighted by molar-refractivity contribution is 7.14. The molecule has 6 heteroatoms. The molecule has 2 aliphatic carbocycles. The molecule has 0 radical (unpaired) electrons. The van der Waals surface area contributed by atoms with Crippen LogP contribution >= 0.6 is 11.3 Å². The van der Waals surface area contributed by atoms with Crippen LogP contribution in [0.1, 0.15) is 44.1 Å². The van der Waals surface area contributed by atoms with Crippen LogP contribution in [0.5, 0.6) is 0 Å². The van der Waals surface area contributed by atoms with Gasteiger partial charge in [0.15, 0.2) is 5.13 Å². The number of hydrogen-bond donors (Lipinski definition) is 1. The van der Waals surface area contributed by atoms with Crippen LogP contribution in [0.4, 0.5) is 10.8 Å². The molecule has 2 amide bonds. The molecule has 0 unspecified atom stereocenters. The van der Waals surface area contributed by atoms with Crippen LogP contribution in [-0.2, 0) is 16.0 Å². The van der Waals surface area contributed by atoms with E-state index in [1.54, 1.807) is 0 Å². The second-order valence-electron chi connectivity index (χ2n) is 7.87. The first kappa shape index (κ1) is 16.9. The summed E-state index contributed by atoms with van der Waals surface area (Å²) in [6.45, 7) is 0.829. The molecule has 2 fully saturated rings. The van der Waals surface area contributed by atoms with Crippen LogP contribution < -0.4 is 10.2 Å². The number of benzene rings is 1. The van der Waals surface area contributed by atoms with Gasteiger partial charge >= 0.3 is 0 Å². The summed E-state index contributed by atoms with van der Waals surface area (Å²) in [5.74, 6) is 0.798. The van der Waals surface area contributed by atoms with Crippen molar-refractivity contribution in [2.75, 3.05) is 16.8 Å². The third-order valence-corrected chi connectivity index (χ3v) is 6.65. The van der Waals surface area contributed by atoms with Crippen molar-refractivity contribution in [3.63, 3.8) is 0 Å². The fourth-order valence-electron chi connectivity index (χ4n) is 3.88. The zero-order chi connectivity index (χ0) is 18.4. The lowest BCUT2D eigenvalue weighted by atomic mass is 9.85. The number of nitrogens with zero attached hydrogens (tertiary/aromatic N) is 2. The number of amides is 2. The highest BCUT2D eigenvalue weighted by Crippen LogP contribution is 2.37. The van der Waals surface area contributed by atoms with Gasteiger partial charge in [-0.3, -0.25) is 9.59 Å². The van der Waals surface area contributed by atoms with Crippen molar-refractivity contribution in [1.29, 1.82) is 0 Å². The summed E-state index contributed by atoms with van der Waals surface area (Å²) in [5.41, 5.74) is 4.23. The lowest BCUT2D eigenvalue weighted by molar-refractivity contribution is -0.122. The number of aromatic nitrogens is 1. The number of aryl methyl sites for hydroxylation is 1. The normalized spacial score (nSPS) is 19.3. The monoisotopic (exact) mass is 381 g/mol. The number of nitrogens with one attached hydrogen (secondary N) is 1. The minimum atomic E-state index is 0.0989. The van der Waals surface area contributed by atoms with E-state index >= 15 is 0 Å². The van der Waals surface area contributed by atoms with Crippen LogP contribution in [-0.4, -0.2) is 23.3 Å². The first-order valence-corrected chi connectivity index (χ1v) is 10.8. The summed E-state index contributed by atoms with van der Waals surface area (Å²) >= 11 is 1.47. The molecule has 2 aromatic rings. The average molecular weight is 382 g/mol. The number of carbonyl (C=O) groups excluding carboxylic acids is 2. The van der Waals surface area contributed by atoms with Gasteiger partial charge in [-0.05, 0) is 56.2 Å². The van der Waals surface area contributed by atoms with E-state index in [1.807, 2.05) is 16.3 Å². The molecule has 0 bridgehead atoms. The molecule has 1 aromatic heterocycles. The number of carbonyl (C=O) groups is 2. The Labute approximate surface area is 162 Å². The summed E-state index contributed by atoms with van der Waals surface area (Å²) in [6, 6.07) is 6.27. The Bertz CT molecular complexity index is 899. The summed E-state index contributed by atoms with van der Waals surface area (Å²) in [4.78, 5) is 31.2. The molecular formula is C21H23N3O2S. The second kappa shape index (κ2) is 6.75. The second-order valence-corrected chi connectivity index (χ2v) is 8.72. The van der Waals surface area contributed by atoms with Crippen LogP contribution in [0.2, 0.25) is 0 Å². The lowest BCUT2D eigenvalue weighted by Gasteiger charge is -2.30. The molecule has 2 heterocycles. The SMILES string of the molecule is O=C(Nc1nc(-c2ccc3c(c2)CCCN3C(=O)C2CC2)cs1)C1CCC1. The third kappa shape index (κ3) is 3.27. The molecule has 27 heavy (non-hydrogen) atoms. The Balaban J connectivity index is 1.35. The van der Waals surface area contributed by atoms with E-state index in [2.05, 4.69) is 22.4 Å². The van der Waals surface area contributed by atoms with Crippen LogP contribution in [0.3, 0.4) is 0 Å². The number of anilines is 2. The van der Waals surface area contributed by atoms with Crippen molar-refractivity contribution in [2.24, 2.45) is 11.8 Å². The quantitative estimate of drug-likeness (QED) is 0.862. The predicted molar refractivity (Wildman–Crippen MR) is 107 cm³/mol. The van der Waals surface area contributed by atoms with Gasteiger partial charge in [0.1, 0.15) is 0 Å². The molecule has 140 valence electrons. The summed E-state index contributed by atoms with van der Waals surface area (Å²) in [6.07, 6.45) is 7.21. The standard InChI is InChI=1S/C21H23N3O2S/c25-19(13-3-1-4-13)23-21-22-17(12-27-21)15-8-9-18-16(11-15)5-2-10-24(18)20(26)14-6-7-14/h8-9,11-14H,1-7,10H2,(H,22,23,25). The van der Waals surface area contributed by atoms with Crippen molar-refractivity contribution in [3.05, 3.63) is 29.1 Å². The molecule has 0 spiro atoms. The van der Waals surface area contributed by atoms with E-state index in [4.69, 9.17) is 0 Å². The van der Waals surface area contributed by atoms with Gasteiger partial charge in [0.25, 0.3) is 0 Å². The molecule has 0 saturated heterocycles. The van der Waals surface area contributed by atoms with E-state index in [0.29, 0.717) is 11.0 Å². The van der Waals surface area contributed by atoms with E-state index in [-0.39, 0.29) is 17.7 Å². The molecule has 5 nitrogen and oxygen atoms in total. The zero-order valence-corrected chi connectivity index (χ0v) is 16.1. The molecule has 1 N–H and O–H groups in total. The fourth-order valence-corrected chi connectivity index (χ4v) is 4.60. The van der Waals surface area contributed by atoms with E-state index in [0.717, 1.165) is 68.4 Å². The highest BCUT2D eigenvalue weighted by atomic mass is 32.1. The maximum Gasteiger partial charge on any atom is 0.230 e. The lowest BCUT2D eigenvalue weighted by Crippen LogP contribution is -2.36. The summed E-state index contributed by atoms with van der Waals surface area (Å²) < 4.78 is 0. The Morgan fingerprint density at radius 2 is 1.96 bits per heavy atom. The van der Waals surface area contributed by atoms with Gasteiger partial charge in [-0.25, -0.2) is 4.98 Å². The van der Waals surface area contributed by atoms with E-state index in [1.165, 1.54) is 16.9 Å². The van der Waals surface area contributed by atoms with Gasteiger partial charge < -0.3 is 10.2 Å². The molecule has 1 aromatic carbocycles. The smallest absolute Gasteiger partial charge is 0.230 e. The maximum absolute atomic E-state index is 12.5. The van der Waals surface area contributed by atoms with Crippen molar-refractivity contribution in [2.45, 2.75) is 44.9 Å². The van der Waals surface area contributed by atoms with Gasteiger partial charge in [0.05, 0.1) is 5.69 Å². The Hall–Kier alpha value is -2.21. The largest absolute Gasteiger partial charge is 0.312 e. The van der Waals surface area contributed by atoms with Gasteiger partial charge in [-0.1, -0.05) is 12.5 Å². The minimum Gasteiger partial charge on any atom is -0.312 e. The van der Waals surface area contributed by atoms with Crippen molar-refractivity contribution < 1.29 is 9.59 Å². The molecule has 5 rings (SSSR count). The highest BCUT2D eigenvalue weighted by Gasteiger charge is 2.35. The van der Waals surface area contributed by atoms with E-state index < -0.39 is 0 Å². The third-order valence-electron chi connectivity index (χ3n) is 5.90.